The van der Waals surface area contributed by atoms with Gasteiger partial charge in [0.25, 0.3) is 0 Å². The molecule has 4 heteroatoms. The first kappa shape index (κ1) is 9.68. The molecule has 0 atom stereocenters. The molecule has 0 aliphatic carbocycles. The number of aromatic nitrogens is 1. The van der Waals surface area contributed by atoms with E-state index in [1.54, 1.807) is 6.20 Å². The largest absolute Gasteiger partial charge is 0.369 e. The maximum atomic E-state index is 5.68. The van der Waals surface area contributed by atoms with Crippen molar-refractivity contribution >= 4 is 29.2 Å². The average molecular weight is 203 g/mol. The molecule has 66 valence electrons. The molecule has 0 saturated heterocycles. The molecule has 12 heavy (non-hydrogen) atoms. The molecule has 0 amide bonds. The van der Waals surface area contributed by atoms with Gasteiger partial charge in [0.05, 0.1) is 5.02 Å². The Morgan fingerprint density at radius 2 is 2.42 bits per heavy atom. The molecular formula is C8H11ClN2S. The van der Waals surface area contributed by atoms with Gasteiger partial charge < -0.3 is 5.32 Å². The maximum Gasteiger partial charge on any atom is 0.126 e. The van der Waals surface area contributed by atoms with E-state index in [1.165, 1.54) is 0 Å². The first-order valence-electron chi connectivity index (χ1n) is 3.67. The number of anilines is 1. The number of halogens is 1. The van der Waals surface area contributed by atoms with Crippen LogP contribution in [-0.2, 0) is 0 Å². The second kappa shape index (κ2) is 5.27. The molecule has 0 spiro atoms. The van der Waals surface area contributed by atoms with Crippen molar-refractivity contribution in [2.24, 2.45) is 0 Å². The molecule has 0 unspecified atom stereocenters. The summed E-state index contributed by atoms with van der Waals surface area (Å²) in [6, 6.07) is 3.71. The lowest BCUT2D eigenvalue weighted by Gasteiger charge is -2.02. The molecular weight excluding hydrogens is 192 g/mol. The molecule has 0 aliphatic heterocycles. The third-order valence-electron chi connectivity index (χ3n) is 1.34. The van der Waals surface area contributed by atoms with E-state index < -0.39 is 0 Å². The van der Waals surface area contributed by atoms with Crippen LogP contribution in [0.25, 0.3) is 0 Å². The minimum absolute atomic E-state index is 0.672. The Morgan fingerprint density at radius 1 is 1.58 bits per heavy atom. The third-order valence-corrected chi connectivity index (χ3v) is 2.18. The SMILES string of the molecule is CSCCNc1ccc(Cl)cn1. The van der Waals surface area contributed by atoms with Crippen LogP contribution in [0.4, 0.5) is 5.82 Å². The Hall–Kier alpha value is -0.410. The number of hydrogen-bond acceptors (Lipinski definition) is 3. The quantitative estimate of drug-likeness (QED) is 0.760. The molecule has 0 radical (unpaired) electrons. The molecule has 0 aromatic carbocycles. The third kappa shape index (κ3) is 3.32. The van der Waals surface area contributed by atoms with Crippen LogP contribution in [0.1, 0.15) is 0 Å². The molecule has 1 heterocycles. The molecule has 1 aromatic rings. The van der Waals surface area contributed by atoms with E-state index in [1.807, 2.05) is 23.9 Å². The van der Waals surface area contributed by atoms with E-state index in [-0.39, 0.29) is 0 Å². The Kier molecular flexibility index (Phi) is 4.25. The number of nitrogens with one attached hydrogen (secondary N) is 1. The zero-order valence-electron chi connectivity index (χ0n) is 6.88. The van der Waals surface area contributed by atoms with Gasteiger partial charge in [0.15, 0.2) is 0 Å². The minimum atomic E-state index is 0.672. The summed E-state index contributed by atoms with van der Waals surface area (Å²) in [7, 11) is 0. The van der Waals surface area contributed by atoms with E-state index in [0.717, 1.165) is 18.1 Å². The fraction of sp³-hybridized carbons (Fsp3) is 0.375. The van der Waals surface area contributed by atoms with Gasteiger partial charge in [-0.05, 0) is 18.4 Å². The van der Waals surface area contributed by atoms with Crippen molar-refractivity contribution in [3.63, 3.8) is 0 Å². The van der Waals surface area contributed by atoms with Crippen LogP contribution in [0.3, 0.4) is 0 Å². The van der Waals surface area contributed by atoms with Crippen molar-refractivity contribution in [2.75, 3.05) is 23.9 Å². The second-order valence-electron chi connectivity index (χ2n) is 2.28. The first-order chi connectivity index (χ1) is 5.83. The summed E-state index contributed by atoms with van der Waals surface area (Å²) in [6.45, 7) is 0.940. The van der Waals surface area contributed by atoms with Crippen molar-refractivity contribution in [2.45, 2.75) is 0 Å². The van der Waals surface area contributed by atoms with Crippen LogP contribution in [0.15, 0.2) is 18.3 Å². The topological polar surface area (TPSA) is 24.9 Å². The van der Waals surface area contributed by atoms with E-state index in [9.17, 15) is 0 Å². The van der Waals surface area contributed by atoms with Crippen LogP contribution >= 0.6 is 23.4 Å². The second-order valence-corrected chi connectivity index (χ2v) is 3.70. The highest BCUT2D eigenvalue weighted by Crippen LogP contribution is 2.09. The molecule has 0 saturated carbocycles. The van der Waals surface area contributed by atoms with Gasteiger partial charge in [-0.1, -0.05) is 11.6 Å². The molecule has 1 aromatic heterocycles. The van der Waals surface area contributed by atoms with Crippen LogP contribution in [0.2, 0.25) is 5.02 Å². The number of rotatable bonds is 4. The summed E-state index contributed by atoms with van der Waals surface area (Å²) in [6.07, 6.45) is 3.72. The molecule has 1 rings (SSSR count). The van der Waals surface area contributed by atoms with Gasteiger partial charge in [0.1, 0.15) is 5.82 Å². The van der Waals surface area contributed by atoms with Crippen molar-refractivity contribution in [1.82, 2.24) is 4.98 Å². The first-order valence-corrected chi connectivity index (χ1v) is 5.44. The standard InChI is InChI=1S/C8H11ClN2S/c1-12-5-4-10-8-3-2-7(9)6-11-8/h2-3,6H,4-5H2,1H3,(H,10,11). The van der Waals surface area contributed by atoms with Crippen LogP contribution in [-0.4, -0.2) is 23.5 Å². The van der Waals surface area contributed by atoms with Crippen molar-refractivity contribution < 1.29 is 0 Å². The van der Waals surface area contributed by atoms with E-state index in [0.29, 0.717) is 5.02 Å². The Balaban J connectivity index is 2.37. The summed E-state index contributed by atoms with van der Waals surface area (Å²) in [5.74, 6) is 1.97. The summed E-state index contributed by atoms with van der Waals surface area (Å²) >= 11 is 7.49. The highest BCUT2D eigenvalue weighted by Gasteiger charge is 1.91. The zero-order chi connectivity index (χ0) is 8.81. The van der Waals surface area contributed by atoms with Gasteiger partial charge in [0.2, 0.25) is 0 Å². The fourth-order valence-corrected chi connectivity index (χ4v) is 1.18. The summed E-state index contributed by atoms with van der Waals surface area (Å²) in [5.41, 5.74) is 0. The molecule has 0 aliphatic rings. The lowest BCUT2D eigenvalue weighted by atomic mass is 10.4. The molecule has 2 nitrogen and oxygen atoms in total. The van der Waals surface area contributed by atoms with Gasteiger partial charge in [-0.3, -0.25) is 0 Å². The predicted octanol–water partition coefficient (Wildman–Crippen LogP) is 2.51. The van der Waals surface area contributed by atoms with Crippen LogP contribution in [0.5, 0.6) is 0 Å². The zero-order valence-corrected chi connectivity index (χ0v) is 8.45. The highest BCUT2D eigenvalue weighted by atomic mass is 35.5. The van der Waals surface area contributed by atoms with Crippen molar-refractivity contribution in [1.29, 1.82) is 0 Å². The highest BCUT2D eigenvalue weighted by molar-refractivity contribution is 7.98. The van der Waals surface area contributed by atoms with E-state index in [2.05, 4.69) is 16.6 Å². The lowest BCUT2D eigenvalue weighted by molar-refractivity contribution is 1.17. The Labute approximate surface area is 81.7 Å². The average Bonchev–Trinajstić information content (AvgIpc) is 2.09. The normalized spacial score (nSPS) is 9.83. The van der Waals surface area contributed by atoms with Gasteiger partial charge in [-0.2, -0.15) is 11.8 Å². The number of nitrogens with zero attached hydrogens (tertiary/aromatic N) is 1. The van der Waals surface area contributed by atoms with Gasteiger partial charge >= 0.3 is 0 Å². The number of thioether (sulfide) groups is 1. The number of hydrogen-bond donors (Lipinski definition) is 1. The van der Waals surface area contributed by atoms with Crippen molar-refractivity contribution in [3.05, 3.63) is 23.4 Å². The Bertz CT molecular complexity index is 225. The van der Waals surface area contributed by atoms with Crippen LogP contribution < -0.4 is 5.32 Å². The monoisotopic (exact) mass is 202 g/mol. The predicted molar refractivity (Wildman–Crippen MR) is 56.1 cm³/mol. The summed E-state index contributed by atoms with van der Waals surface area (Å²) in [4.78, 5) is 4.10. The molecule has 0 bridgehead atoms. The van der Waals surface area contributed by atoms with Crippen molar-refractivity contribution in [3.8, 4) is 0 Å². The summed E-state index contributed by atoms with van der Waals surface area (Å²) < 4.78 is 0. The lowest BCUT2D eigenvalue weighted by Crippen LogP contribution is -2.04. The van der Waals surface area contributed by atoms with Gasteiger partial charge in [-0.15, -0.1) is 0 Å². The maximum absolute atomic E-state index is 5.68. The Morgan fingerprint density at radius 3 is 3.00 bits per heavy atom. The number of pyridine rings is 1. The fourth-order valence-electron chi connectivity index (χ4n) is 0.762. The minimum Gasteiger partial charge on any atom is -0.369 e. The van der Waals surface area contributed by atoms with E-state index >= 15 is 0 Å². The van der Waals surface area contributed by atoms with Crippen LogP contribution in [0, 0.1) is 0 Å². The summed E-state index contributed by atoms with van der Waals surface area (Å²) in [5, 5.41) is 3.85. The molecule has 1 N–H and O–H groups in total. The van der Waals surface area contributed by atoms with Gasteiger partial charge in [-0.25, -0.2) is 4.98 Å². The smallest absolute Gasteiger partial charge is 0.126 e. The molecule has 0 fully saturated rings. The van der Waals surface area contributed by atoms with E-state index in [4.69, 9.17) is 11.6 Å². The van der Waals surface area contributed by atoms with Gasteiger partial charge in [0, 0.05) is 18.5 Å².